The van der Waals surface area contributed by atoms with Crippen molar-refractivity contribution in [2.75, 3.05) is 19.8 Å². The van der Waals surface area contributed by atoms with Crippen LogP contribution in [0.15, 0.2) is 53.4 Å². The van der Waals surface area contributed by atoms with Gasteiger partial charge >= 0.3 is 0 Å². The van der Waals surface area contributed by atoms with E-state index in [0.29, 0.717) is 22.8 Å². The summed E-state index contributed by atoms with van der Waals surface area (Å²) in [6.07, 6.45) is 1.42. The van der Waals surface area contributed by atoms with Crippen molar-refractivity contribution in [3.63, 3.8) is 0 Å². The zero-order chi connectivity index (χ0) is 24.3. The zero-order valence-corrected chi connectivity index (χ0v) is 20.3. The lowest BCUT2D eigenvalue weighted by molar-refractivity contribution is 0.0784. The van der Waals surface area contributed by atoms with Crippen molar-refractivity contribution in [3.05, 3.63) is 75.3 Å². The molecule has 6 nitrogen and oxygen atoms in total. The number of Topliss-reactive ketones (excluding diaryl/α,β-unsaturated/α-hetero) is 1. The Morgan fingerprint density at radius 2 is 1.79 bits per heavy atom. The first kappa shape index (κ1) is 24.7. The van der Waals surface area contributed by atoms with Crippen molar-refractivity contribution in [2.24, 2.45) is 0 Å². The molecule has 170 valence electrons. The fourth-order valence-corrected chi connectivity index (χ4v) is 5.11. The molecule has 0 saturated carbocycles. The van der Waals surface area contributed by atoms with Gasteiger partial charge in [0.15, 0.2) is 15.6 Å². The fraction of sp³-hybridized carbons (Fsp3) is 0.208. The highest BCUT2D eigenvalue weighted by molar-refractivity contribution is 7.90. The Bertz CT molecular complexity index is 1410. The summed E-state index contributed by atoms with van der Waals surface area (Å²) in [5.41, 5.74) is 0.183. The number of hydrogen-bond donors (Lipinski definition) is 0. The van der Waals surface area contributed by atoms with Gasteiger partial charge in [0.25, 0.3) is 5.91 Å². The minimum Gasteiger partial charge on any atom is -0.342 e. The van der Waals surface area contributed by atoms with E-state index in [4.69, 9.17) is 23.2 Å². The molecular weight excluding hydrogens is 483 g/mol. The number of ketones is 1. The maximum atomic E-state index is 13.4. The predicted octanol–water partition coefficient (Wildman–Crippen LogP) is 5.16. The van der Waals surface area contributed by atoms with Gasteiger partial charge in [-0.3, -0.25) is 9.59 Å². The molecule has 0 radical (unpaired) electrons. The number of nitriles is 1. The van der Waals surface area contributed by atoms with E-state index in [1.165, 1.54) is 18.0 Å². The van der Waals surface area contributed by atoms with Crippen LogP contribution in [0.25, 0.3) is 10.8 Å². The second-order valence-corrected chi connectivity index (χ2v) is 10.3. The van der Waals surface area contributed by atoms with Gasteiger partial charge in [-0.2, -0.15) is 5.26 Å². The maximum absolute atomic E-state index is 13.4. The van der Waals surface area contributed by atoms with Gasteiger partial charge in [-0.1, -0.05) is 53.5 Å². The highest BCUT2D eigenvalue weighted by atomic mass is 35.5. The van der Waals surface area contributed by atoms with Gasteiger partial charge in [-0.25, -0.2) is 8.42 Å². The Kier molecular flexibility index (Phi) is 7.43. The number of hydrogen-bond acceptors (Lipinski definition) is 5. The third kappa shape index (κ3) is 5.19. The molecule has 0 aliphatic rings. The molecule has 0 saturated heterocycles. The number of amides is 1. The van der Waals surface area contributed by atoms with E-state index >= 15 is 0 Å². The van der Waals surface area contributed by atoms with Crippen LogP contribution in [-0.4, -0.2) is 44.9 Å². The number of carbonyl (C=O) groups is 2. The smallest absolute Gasteiger partial charge is 0.255 e. The number of sulfone groups is 1. The number of fused-ring (bicyclic) bond motifs is 1. The van der Waals surface area contributed by atoms with Crippen LogP contribution in [-0.2, 0) is 9.84 Å². The third-order valence-electron chi connectivity index (χ3n) is 5.20. The molecular formula is C24H20Cl2N2O4S. The Labute approximate surface area is 202 Å². The summed E-state index contributed by atoms with van der Waals surface area (Å²) in [6.45, 7) is 0.192. The van der Waals surface area contributed by atoms with Gasteiger partial charge in [0.1, 0.15) is 6.07 Å². The fourth-order valence-electron chi connectivity index (χ4n) is 3.63. The van der Waals surface area contributed by atoms with Gasteiger partial charge in [0.05, 0.1) is 26.1 Å². The first-order chi connectivity index (χ1) is 15.6. The summed E-state index contributed by atoms with van der Waals surface area (Å²) >= 11 is 12.1. The quantitative estimate of drug-likeness (QED) is 0.415. The number of nitrogens with zero attached hydrogens (tertiary/aromatic N) is 2. The van der Waals surface area contributed by atoms with Gasteiger partial charge < -0.3 is 4.90 Å². The highest BCUT2D eigenvalue weighted by Crippen LogP contribution is 2.31. The van der Waals surface area contributed by atoms with Crippen LogP contribution in [0.1, 0.15) is 39.1 Å². The summed E-state index contributed by atoms with van der Waals surface area (Å²) in [5, 5.41) is 11.0. The van der Waals surface area contributed by atoms with Crippen LogP contribution >= 0.6 is 23.2 Å². The Balaban J connectivity index is 1.89. The van der Waals surface area contributed by atoms with E-state index in [-0.39, 0.29) is 44.8 Å². The molecule has 0 spiro atoms. The van der Waals surface area contributed by atoms with Crippen molar-refractivity contribution >= 4 is 55.5 Å². The third-order valence-corrected chi connectivity index (χ3v) is 7.19. The molecule has 3 aromatic rings. The molecule has 0 N–H and O–H groups in total. The Morgan fingerprint density at radius 3 is 2.45 bits per heavy atom. The minimum absolute atomic E-state index is 0.0427. The average molecular weight is 503 g/mol. The van der Waals surface area contributed by atoms with Crippen molar-refractivity contribution in [1.82, 2.24) is 4.90 Å². The second kappa shape index (κ2) is 9.92. The van der Waals surface area contributed by atoms with Gasteiger partial charge in [-0.05, 0) is 35.4 Å². The second-order valence-electron chi connectivity index (χ2n) is 7.59. The molecule has 33 heavy (non-hydrogen) atoms. The predicted molar refractivity (Wildman–Crippen MR) is 129 cm³/mol. The molecule has 1 amide bonds. The minimum atomic E-state index is -3.88. The molecule has 0 fully saturated rings. The van der Waals surface area contributed by atoms with Crippen LogP contribution in [0.2, 0.25) is 10.0 Å². The van der Waals surface area contributed by atoms with Crippen molar-refractivity contribution < 1.29 is 18.0 Å². The van der Waals surface area contributed by atoms with E-state index < -0.39 is 15.7 Å². The molecule has 0 atom stereocenters. The van der Waals surface area contributed by atoms with Crippen LogP contribution < -0.4 is 0 Å². The topological polar surface area (TPSA) is 95.3 Å². The van der Waals surface area contributed by atoms with E-state index in [1.54, 1.807) is 42.5 Å². The first-order valence-electron chi connectivity index (χ1n) is 9.94. The summed E-state index contributed by atoms with van der Waals surface area (Å²) in [4.78, 5) is 27.0. The average Bonchev–Trinajstić information content (AvgIpc) is 2.78. The molecule has 9 heteroatoms. The van der Waals surface area contributed by atoms with Gasteiger partial charge in [0, 0.05) is 31.8 Å². The largest absolute Gasteiger partial charge is 0.342 e. The van der Waals surface area contributed by atoms with Crippen LogP contribution in [0.3, 0.4) is 0 Å². The van der Waals surface area contributed by atoms with Gasteiger partial charge in [0.2, 0.25) is 0 Å². The zero-order valence-electron chi connectivity index (χ0n) is 17.9. The summed E-state index contributed by atoms with van der Waals surface area (Å²) < 4.78 is 25.1. The van der Waals surface area contributed by atoms with Gasteiger partial charge in [-0.15, -0.1) is 0 Å². The van der Waals surface area contributed by atoms with Crippen LogP contribution in [0.4, 0.5) is 0 Å². The van der Waals surface area contributed by atoms with Crippen molar-refractivity contribution in [3.8, 4) is 6.07 Å². The molecule has 3 rings (SSSR count). The highest BCUT2D eigenvalue weighted by Gasteiger charge is 2.28. The summed E-state index contributed by atoms with van der Waals surface area (Å²) in [6, 6.07) is 15.0. The molecule has 0 heterocycles. The lowest BCUT2D eigenvalue weighted by atomic mass is 10.00. The number of benzene rings is 3. The van der Waals surface area contributed by atoms with Crippen molar-refractivity contribution in [2.45, 2.75) is 17.7 Å². The molecule has 3 aromatic carbocycles. The Hall–Kier alpha value is -2.92. The molecule has 0 aliphatic carbocycles. The van der Waals surface area contributed by atoms with E-state index in [0.717, 1.165) is 6.26 Å². The lowest BCUT2D eigenvalue weighted by Gasteiger charge is -2.21. The van der Waals surface area contributed by atoms with Crippen LogP contribution in [0, 0.1) is 11.3 Å². The Morgan fingerprint density at radius 1 is 1.09 bits per heavy atom. The summed E-state index contributed by atoms with van der Waals surface area (Å²) in [5.74, 6) is -0.755. The van der Waals surface area contributed by atoms with E-state index in [9.17, 15) is 23.3 Å². The molecule has 0 aliphatic heterocycles. The lowest BCUT2D eigenvalue weighted by Crippen LogP contribution is -2.30. The summed E-state index contributed by atoms with van der Waals surface area (Å²) in [7, 11) is -2.35. The SMILES string of the molecule is CN(CCCC(=O)c1cccc(Cl)c1Cl)C(=O)c1c(S(C)(=O)=O)c(C#N)cc2ccccc12. The van der Waals surface area contributed by atoms with E-state index in [1.807, 2.05) is 6.07 Å². The number of carbonyl (C=O) groups excluding carboxylic acids is 2. The van der Waals surface area contributed by atoms with Crippen LogP contribution in [0.5, 0.6) is 0 Å². The van der Waals surface area contributed by atoms with E-state index in [2.05, 4.69) is 0 Å². The number of halogens is 2. The molecule has 0 bridgehead atoms. The molecule has 0 aromatic heterocycles. The monoisotopic (exact) mass is 502 g/mol. The first-order valence-corrected chi connectivity index (χ1v) is 12.6. The maximum Gasteiger partial charge on any atom is 0.255 e. The molecule has 0 unspecified atom stereocenters. The normalized spacial score (nSPS) is 11.2. The number of rotatable bonds is 7. The standard InChI is InChI=1S/C24H20Cl2N2O4S/c1-28(12-6-11-20(29)18-9-5-10-19(25)22(18)26)24(30)21-17-8-4-3-7-15(17)13-16(14-27)23(21)33(2,31)32/h3-5,7-10,13H,6,11-12H2,1-2H3. The van der Waals surface area contributed by atoms with Crippen molar-refractivity contribution in [1.29, 1.82) is 5.26 Å².